The van der Waals surface area contributed by atoms with Gasteiger partial charge in [0, 0.05) is 25.7 Å². The van der Waals surface area contributed by atoms with Crippen molar-refractivity contribution in [2.45, 2.75) is 39.3 Å². The molecule has 29 heavy (non-hydrogen) atoms. The molecule has 0 aromatic heterocycles. The molecule has 0 radical (unpaired) electrons. The van der Waals surface area contributed by atoms with Gasteiger partial charge in [0.05, 0.1) is 12.3 Å². The van der Waals surface area contributed by atoms with Gasteiger partial charge in [-0.25, -0.2) is 17.7 Å². The lowest BCUT2D eigenvalue weighted by Gasteiger charge is -2.32. The number of rotatable bonds is 6. The van der Waals surface area contributed by atoms with Gasteiger partial charge in [-0.1, -0.05) is 36.4 Å². The maximum atomic E-state index is 12.0. The zero-order chi connectivity index (χ0) is 20.0. The minimum absolute atomic E-state index is 0. The fourth-order valence-corrected chi connectivity index (χ4v) is 4.61. The summed E-state index contributed by atoms with van der Waals surface area (Å²) < 4.78 is 25.6. The molecule has 2 aromatic rings. The zero-order valence-electron chi connectivity index (χ0n) is 17.1. The molecule has 0 unspecified atom stereocenters. The smallest absolute Gasteiger partial charge is 0.213 e. The molecule has 0 atom stereocenters. The van der Waals surface area contributed by atoms with Gasteiger partial charge in [0.2, 0.25) is 10.0 Å². The Kier molecular flexibility index (Phi) is 9.16. The average Bonchev–Trinajstić information content (AvgIpc) is 2.72. The molecule has 160 valence electrons. The van der Waals surface area contributed by atoms with Gasteiger partial charge in [-0.3, -0.25) is 0 Å². The van der Waals surface area contributed by atoms with Crippen molar-refractivity contribution >= 4 is 50.7 Å². The molecule has 2 N–H and O–H groups in total. The molecular formula is C21H31IN4O2S. The first-order valence-electron chi connectivity index (χ1n) is 10.0. The van der Waals surface area contributed by atoms with Crippen LogP contribution in [0.3, 0.4) is 0 Å². The fraction of sp³-hybridized carbons (Fsp3) is 0.476. The Labute approximate surface area is 191 Å². The summed E-state index contributed by atoms with van der Waals surface area (Å²) in [4.78, 5) is 4.73. The standard InChI is InChI=1S/C21H30N4O2S.HI/c1-3-22-21(24-20-11-13-25(14-12-20)28(26,27)4-2)23-16-17-9-10-18-7-5-6-8-19(18)15-17;/h5-10,15,20H,3-4,11-14,16H2,1-2H3,(H2,22,23,24);1H. The van der Waals surface area contributed by atoms with Gasteiger partial charge in [0.25, 0.3) is 0 Å². The fourth-order valence-electron chi connectivity index (χ4n) is 3.48. The number of sulfonamides is 1. The summed E-state index contributed by atoms with van der Waals surface area (Å²) in [6, 6.07) is 15.0. The van der Waals surface area contributed by atoms with E-state index in [4.69, 9.17) is 4.99 Å². The highest BCUT2D eigenvalue weighted by Crippen LogP contribution is 2.17. The Morgan fingerprint density at radius 2 is 1.79 bits per heavy atom. The van der Waals surface area contributed by atoms with E-state index in [-0.39, 0.29) is 35.8 Å². The lowest BCUT2D eigenvalue weighted by atomic mass is 10.1. The predicted molar refractivity (Wildman–Crippen MR) is 131 cm³/mol. The minimum atomic E-state index is -3.09. The third kappa shape index (κ3) is 6.55. The van der Waals surface area contributed by atoms with E-state index in [1.807, 2.05) is 19.1 Å². The summed E-state index contributed by atoms with van der Waals surface area (Å²) in [7, 11) is -3.09. The third-order valence-electron chi connectivity index (χ3n) is 5.13. The van der Waals surface area contributed by atoms with Crippen LogP contribution in [0, 0.1) is 0 Å². The topological polar surface area (TPSA) is 73.8 Å². The van der Waals surface area contributed by atoms with Crippen LogP contribution in [0.1, 0.15) is 32.3 Å². The highest BCUT2D eigenvalue weighted by Gasteiger charge is 2.26. The highest BCUT2D eigenvalue weighted by atomic mass is 127. The van der Waals surface area contributed by atoms with Gasteiger partial charge < -0.3 is 10.6 Å². The zero-order valence-corrected chi connectivity index (χ0v) is 20.2. The number of benzene rings is 2. The normalized spacial score (nSPS) is 16.4. The summed E-state index contributed by atoms with van der Waals surface area (Å²) in [5, 5.41) is 9.22. The molecule has 1 heterocycles. The van der Waals surface area contributed by atoms with Crippen molar-refractivity contribution in [1.82, 2.24) is 14.9 Å². The molecule has 2 aromatic carbocycles. The molecule has 1 aliphatic heterocycles. The molecule has 0 bridgehead atoms. The van der Waals surface area contributed by atoms with E-state index in [0.29, 0.717) is 19.6 Å². The van der Waals surface area contributed by atoms with Crippen molar-refractivity contribution in [2.75, 3.05) is 25.4 Å². The molecule has 1 aliphatic rings. The minimum Gasteiger partial charge on any atom is -0.357 e. The maximum absolute atomic E-state index is 12.0. The van der Waals surface area contributed by atoms with Gasteiger partial charge in [-0.05, 0) is 49.1 Å². The number of hydrogen-bond donors (Lipinski definition) is 2. The Morgan fingerprint density at radius 1 is 1.10 bits per heavy atom. The molecule has 8 heteroatoms. The first-order chi connectivity index (χ1) is 13.5. The number of piperidine rings is 1. The van der Waals surface area contributed by atoms with Crippen LogP contribution in [0.4, 0.5) is 0 Å². The number of aliphatic imine (C=N–C) groups is 1. The average molecular weight is 530 g/mol. The predicted octanol–water partition coefficient (Wildman–Crippen LogP) is 3.33. The van der Waals surface area contributed by atoms with Crippen LogP contribution in [-0.4, -0.2) is 50.1 Å². The van der Waals surface area contributed by atoms with E-state index in [1.54, 1.807) is 11.2 Å². The van der Waals surface area contributed by atoms with Gasteiger partial charge in [0.15, 0.2) is 5.96 Å². The van der Waals surface area contributed by atoms with Crippen LogP contribution in [0.25, 0.3) is 10.8 Å². The number of fused-ring (bicyclic) bond motifs is 1. The van der Waals surface area contributed by atoms with Crippen LogP contribution in [0.2, 0.25) is 0 Å². The van der Waals surface area contributed by atoms with Crippen LogP contribution in [0.5, 0.6) is 0 Å². The number of nitrogens with one attached hydrogen (secondary N) is 2. The van der Waals surface area contributed by atoms with E-state index >= 15 is 0 Å². The molecule has 0 saturated carbocycles. The van der Waals surface area contributed by atoms with Crippen molar-refractivity contribution in [2.24, 2.45) is 4.99 Å². The Morgan fingerprint density at radius 3 is 2.45 bits per heavy atom. The van der Waals surface area contributed by atoms with Crippen molar-refractivity contribution in [3.63, 3.8) is 0 Å². The van der Waals surface area contributed by atoms with Crippen LogP contribution in [-0.2, 0) is 16.6 Å². The van der Waals surface area contributed by atoms with E-state index in [2.05, 4.69) is 41.0 Å². The summed E-state index contributed by atoms with van der Waals surface area (Å²) >= 11 is 0. The lowest BCUT2D eigenvalue weighted by Crippen LogP contribution is -2.50. The molecule has 1 saturated heterocycles. The quantitative estimate of drug-likeness (QED) is 0.342. The Bertz CT molecular complexity index is 925. The van der Waals surface area contributed by atoms with E-state index in [0.717, 1.165) is 25.3 Å². The Hall–Kier alpha value is -1.39. The molecule has 6 nitrogen and oxygen atoms in total. The second-order valence-electron chi connectivity index (χ2n) is 7.09. The molecule has 1 fully saturated rings. The molecular weight excluding hydrogens is 499 g/mol. The Balaban J connectivity index is 0.00000300. The molecule has 0 spiro atoms. The van der Waals surface area contributed by atoms with Gasteiger partial charge >= 0.3 is 0 Å². The number of nitrogens with zero attached hydrogens (tertiary/aromatic N) is 2. The first kappa shape index (κ1) is 23.9. The molecule has 0 amide bonds. The molecule has 0 aliphatic carbocycles. The summed E-state index contributed by atoms with van der Waals surface area (Å²) in [5.41, 5.74) is 1.17. The van der Waals surface area contributed by atoms with Crippen LogP contribution >= 0.6 is 24.0 Å². The van der Waals surface area contributed by atoms with Crippen molar-refractivity contribution in [3.8, 4) is 0 Å². The second kappa shape index (κ2) is 11.1. The van der Waals surface area contributed by atoms with Gasteiger partial charge in [-0.15, -0.1) is 24.0 Å². The van der Waals surface area contributed by atoms with Crippen molar-refractivity contribution < 1.29 is 8.42 Å². The summed E-state index contributed by atoms with van der Waals surface area (Å²) in [6.07, 6.45) is 1.58. The largest absolute Gasteiger partial charge is 0.357 e. The van der Waals surface area contributed by atoms with Crippen molar-refractivity contribution in [1.29, 1.82) is 0 Å². The van der Waals surface area contributed by atoms with Gasteiger partial charge in [0.1, 0.15) is 0 Å². The highest BCUT2D eigenvalue weighted by molar-refractivity contribution is 14.0. The number of hydrogen-bond acceptors (Lipinski definition) is 3. The van der Waals surface area contributed by atoms with Crippen LogP contribution < -0.4 is 10.6 Å². The lowest BCUT2D eigenvalue weighted by molar-refractivity contribution is 0.306. The van der Waals surface area contributed by atoms with E-state index in [1.165, 1.54) is 16.3 Å². The number of guanidine groups is 1. The first-order valence-corrected chi connectivity index (χ1v) is 11.6. The molecule has 3 rings (SSSR count). The second-order valence-corrected chi connectivity index (χ2v) is 9.35. The summed E-state index contributed by atoms with van der Waals surface area (Å²) in [6.45, 7) is 6.26. The third-order valence-corrected chi connectivity index (χ3v) is 7.01. The van der Waals surface area contributed by atoms with Crippen molar-refractivity contribution in [3.05, 3.63) is 48.0 Å². The monoisotopic (exact) mass is 530 g/mol. The SMILES string of the molecule is CCNC(=NCc1ccc2ccccc2c1)NC1CCN(S(=O)(=O)CC)CC1.I. The van der Waals surface area contributed by atoms with Gasteiger partial charge in [-0.2, -0.15) is 0 Å². The van der Waals surface area contributed by atoms with E-state index in [9.17, 15) is 8.42 Å². The summed E-state index contributed by atoms with van der Waals surface area (Å²) in [5.74, 6) is 0.952. The van der Waals surface area contributed by atoms with E-state index < -0.39 is 10.0 Å². The number of halogens is 1. The maximum Gasteiger partial charge on any atom is 0.213 e. The van der Waals surface area contributed by atoms with Crippen LogP contribution in [0.15, 0.2) is 47.5 Å².